The van der Waals surface area contributed by atoms with Crippen LogP contribution in [0, 0.1) is 25.5 Å². The maximum Gasteiger partial charge on any atom is 0.255 e. The second-order valence-corrected chi connectivity index (χ2v) is 10.8. The number of furan rings is 1. The van der Waals surface area contributed by atoms with Crippen LogP contribution in [0.4, 0.5) is 13.2 Å². The number of benzene rings is 3. The molecule has 0 radical (unpaired) electrons. The van der Waals surface area contributed by atoms with E-state index in [4.69, 9.17) is 4.42 Å². The van der Waals surface area contributed by atoms with E-state index in [1.165, 1.54) is 44.6 Å². The SMILES string of the molecule is CNC(=O)c1c(-c2ccc(C)cc2)oc2ccc(-c3cc(C(=O)NC4(c5ncccn5)CC(F)C4)cc(F)c3C)c(F)c12. The molecule has 0 aliphatic heterocycles. The van der Waals surface area contributed by atoms with Gasteiger partial charge in [0.25, 0.3) is 11.8 Å². The maximum absolute atomic E-state index is 16.4. The minimum atomic E-state index is -1.15. The lowest BCUT2D eigenvalue weighted by atomic mass is 9.74. The first-order valence-corrected chi connectivity index (χ1v) is 13.7. The number of alkyl halides is 1. The highest BCUT2D eigenvalue weighted by Crippen LogP contribution is 2.43. The van der Waals surface area contributed by atoms with Gasteiger partial charge < -0.3 is 15.1 Å². The van der Waals surface area contributed by atoms with E-state index in [0.29, 0.717) is 5.56 Å². The van der Waals surface area contributed by atoms with E-state index in [-0.39, 0.29) is 63.2 Å². The van der Waals surface area contributed by atoms with Crippen LogP contribution < -0.4 is 10.6 Å². The zero-order valence-electron chi connectivity index (χ0n) is 23.6. The molecular weight excluding hydrogens is 557 g/mol. The predicted molar refractivity (Wildman–Crippen MR) is 155 cm³/mol. The van der Waals surface area contributed by atoms with Crippen LogP contribution in [0.2, 0.25) is 0 Å². The number of fused-ring (bicyclic) bond motifs is 1. The second kappa shape index (κ2) is 10.7. The van der Waals surface area contributed by atoms with Gasteiger partial charge in [-0.1, -0.05) is 29.8 Å². The Hall–Kier alpha value is -4.99. The van der Waals surface area contributed by atoms with Gasteiger partial charge >= 0.3 is 0 Å². The quantitative estimate of drug-likeness (QED) is 0.235. The van der Waals surface area contributed by atoms with Gasteiger partial charge in [-0.05, 0) is 55.3 Å². The highest BCUT2D eigenvalue weighted by atomic mass is 19.1. The highest BCUT2D eigenvalue weighted by molar-refractivity contribution is 6.12. The fraction of sp³-hybridized carbons (Fsp3) is 0.212. The normalized spacial score (nSPS) is 17.9. The molecule has 2 N–H and O–H groups in total. The van der Waals surface area contributed by atoms with Gasteiger partial charge in [-0.25, -0.2) is 23.1 Å². The lowest BCUT2D eigenvalue weighted by Crippen LogP contribution is -2.56. The minimum absolute atomic E-state index is 0.00305. The van der Waals surface area contributed by atoms with E-state index in [1.54, 1.807) is 18.2 Å². The van der Waals surface area contributed by atoms with E-state index in [9.17, 15) is 14.0 Å². The van der Waals surface area contributed by atoms with Crippen molar-refractivity contribution >= 4 is 22.8 Å². The summed E-state index contributed by atoms with van der Waals surface area (Å²) in [6.45, 7) is 3.39. The molecule has 2 aromatic heterocycles. The Morgan fingerprint density at radius 1 is 0.953 bits per heavy atom. The van der Waals surface area contributed by atoms with Crippen molar-refractivity contribution in [1.82, 2.24) is 20.6 Å². The maximum atomic E-state index is 16.4. The van der Waals surface area contributed by atoms with Crippen LogP contribution in [0.3, 0.4) is 0 Å². The number of aryl methyl sites for hydroxylation is 1. The van der Waals surface area contributed by atoms with Crippen LogP contribution in [-0.4, -0.2) is 35.0 Å². The number of amides is 2. The topological polar surface area (TPSA) is 97.1 Å². The molecule has 43 heavy (non-hydrogen) atoms. The zero-order valence-corrected chi connectivity index (χ0v) is 23.6. The molecule has 10 heteroatoms. The van der Waals surface area contributed by atoms with Crippen LogP contribution in [0.1, 0.15) is 50.5 Å². The molecule has 2 amide bonds. The summed E-state index contributed by atoms with van der Waals surface area (Å²) in [4.78, 5) is 34.8. The van der Waals surface area contributed by atoms with Crippen LogP contribution in [0.25, 0.3) is 33.4 Å². The first kappa shape index (κ1) is 28.1. The Morgan fingerprint density at radius 3 is 2.30 bits per heavy atom. The van der Waals surface area contributed by atoms with E-state index in [0.717, 1.165) is 11.6 Å². The molecule has 2 heterocycles. The first-order chi connectivity index (χ1) is 20.6. The van der Waals surface area contributed by atoms with E-state index < -0.39 is 35.2 Å². The van der Waals surface area contributed by atoms with Crippen LogP contribution in [0.15, 0.2) is 71.4 Å². The molecular formula is C33H27F3N4O3. The van der Waals surface area contributed by atoms with Gasteiger partial charge in [-0.2, -0.15) is 0 Å². The number of hydrogen-bond acceptors (Lipinski definition) is 5. The number of carbonyl (C=O) groups is 2. The van der Waals surface area contributed by atoms with Gasteiger partial charge in [-0.3, -0.25) is 9.59 Å². The lowest BCUT2D eigenvalue weighted by molar-refractivity contribution is 0.0481. The third-order valence-corrected chi connectivity index (χ3v) is 7.94. The summed E-state index contributed by atoms with van der Waals surface area (Å²) in [7, 11) is 1.43. The fourth-order valence-corrected chi connectivity index (χ4v) is 5.57. The standard InChI is InChI=1S/C33H27F3N4O3/c1-17-5-7-19(8-6-17)29-27(31(42)37-3)26-25(43-29)10-9-22(28(26)36)23-13-20(14-24(35)18(23)2)30(41)40-33(15-21(34)16-33)32-38-11-4-12-39-32/h4-14,21H,15-16H2,1-3H3,(H,37,42)(H,40,41). The van der Waals surface area contributed by atoms with Gasteiger partial charge in [-0.15, -0.1) is 0 Å². The number of aromatic nitrogens is 2. The Morgan fingerprint density at radius 2 is 1.65 bits per heavy atom. The van der Waals surface area contributed by atoms with Crippen molar-refractivity contribution in [2.24, 2.45) is 0 Å². The van der Waals surface area contributed by atoms with Gasteiger partial charge in [0.05, 0.1) is 10.9 Å². The number of rotatable bonds is 6. The van der Waals surface area contributed by atoms with E-state index in [1.807, 2.05) is 19.1 Å². The van der Waals surface area contributed by atoms with Crippen LogP contribution >= 0.6 is 0 Å². The van der Waals surface area contributed by atoms with Crippen molar-refractivity contribution in [1.29, 1.82) is 0 Å². The van der Waals surface area contributed by atoms with Crippen molar-refractivity contribution in [3.63, 3.8) is 0 Å². The first-order valence-electron chi connectivity index (χ1n) is 13.7. The molecule has 1 aliphatic carbocycles. The third kappa shape index (κ3) is 4.82. The van der Waals surface area contributed by atoms with Crippen molar-refractivity contribution in [2.75, 3.05) is 7.05 Å². The molecule has 5 aromatic rings. The second-order valence-electron chi connectivity index (χ2n) is 10.8. The Bertz CT molecular complexity index is 1880. The predicted octanol–water partition coefficient (Wildman–Crippen LogP) is 6.57. The van der Waals surface area contributed by atoms with Gasteiger partial charge in [0, 0.05) is 49.0 Å². The summed E-state index contributed by atoms with van der Waals surface area (Å²) in [5.41, 5.74) is 0.698. The summed E-state index contributed by atoms with van der Waals surface area (Å²) in [6, 6.07) is 14.2. The summed E-state index contributed by atoms with van der Waals surface area (Å²) in [5.74, 6) is -2.32. The molecule has 7 nitrogen and oxygen atoms in total. The smallest absolute Gasteiger partial charge is 0.255 e. The third-order valence-electron chi connectivity index (χ3n) is 7.94. The van der Waals surface area contributed by atoms with Crippen molar-refractivity contribution in [3.8, 4) is 22.5 Å². The molecule has 0 bridgehead atoms. The zero-order chi connectivity index (χ0) is 30.5. The molecule has 1 aliphatic rings. The summed E-state index contributed by atoms with van der Waals surface area (Å²) >= 11 is 0. The highest BCUT2D eigenvalue weighted by Gasteiger charge is 2.49. The van der Waals surface area contributed by atoms with Crippen molar-refractivity contribution in [3.05, 3.63) is 107 Å². The molecule has 218 valence electrons. The Balaban J connectivity index is 1.45. The van der Waals surface area contributed by atoms with Gasteiger partial charge in [0.2, 0.25) is 0 Å². The van der Waals surface area contributed by atoms with Gasteiger partial charge in [0.1, 0.15) is 34.7 Å². The molecule has 3 aromatic carbocycles. The lowest BCUT2D eigenvalue weighted by Gasteiger charge is -2.43. The minimum Gasteiger partial charge on any atom is -0.455 e. The molecule has 0 unspecified atom stereocenters. The monoisotopic (exact) mass is 584 g/mol. The number of carbonyl (C=O) groups excluding carboxylic acids is 2. The largest absolute Gasteiger partial charge is 0.455 e. The van der Waals surface area contributed by atoms with E-state index >= 15 is 8.78 Å². The summed E-state index contributed by atoms with van der Waals surface area (Å²) in [5, 5.41) is 5.27. The molecule has 6 rings (SSSR count). The molecule has 1 saturated carbocycles. The number of halogens is 3. The Labute approximate surface area is 245 Å². The van der Waals surface area contributed by atoms with Crippen molar-refractivity contribution < 1.29 is 27.2 Å². The van der Waals surface area contributed by atoms with Crippen molar-refractivity contribution in [2.45, 2.75) is 38.4 Å². The van der Waals surface area contributed by atoms with Crippen LogP contribution in [0.5, 0.6) is 0 Å². The summed E-state index contributed by atoms with van der Waals surface area (Å²) < 4.78 is 51.7. The fourth-order valence-electron chi connectivity index (χ4n) is 5.57. The average Bonchev–Trinajstić information content (AvgIpc) is 3.39. The Kier molecular flexibility index (Phi) is 7.00. The molecule has 0 saturated heterocycles. The molecule has 1 fully saturated rings. The molecule has 0 atom stereocenters. The summed E-state index contributed by atoms with van der Waals surface area (Å²) in [6.07, 6.45) is 1.79. The number of nitrogens with zero attached hydrogens (tertiary/aromatic N) is 2. The molecule has 0 spiro atoms. The van der Waals surface area contributed by atoms with E-state index in [2.05, 4.69) is 20.6 Å². The average molecular weight is 585 g/mol. The van der Waals surface area contributed by atoms with Crippen LogP contribution in [-0.2, 0) is 5.54 Å². The number of hydrogen-bond donors (Lipinski definition) is 2. The number of nitrogens with one attached hydrogen (secondary N) is 2. The van der Waals surface area contributed by atoms with Gasteiger partial charge in [0.15, 0.2) is 5.82 Å².